The molecule has 100 valence electrons. The summed E-state index contributed by atoms with van der Waals surface area (Å²) in [5.74, 6) is -0.834. The van der Waals surface area contributed by atoms with E-state index < -0.39 is 5.97 Å². The van der Waals surface area contributed by atoms with Crippen molar-refractivity contribution >= 4 is 17.3 Å². The maximum absolute atomic E-state index is 10.8. The number of hydrogen-bond donors (Lipinski definition) is 2. The minimum absolute atomic E-state index is 0.420. The van der Waals surface area contributed by atoms with Gasteiger partial charge in [0.05, 0.1) is 0 Å². The van der Waals surface area contributed by atoms with Crippen molar-refractivity contribution < 1.29 is 9.90 Å². The fraction of sp³-hybridized carbons (Fsp3) is 0.615. The molecule has 0 aliphatic carbocycles. The number of nitrogens with zero attached hydrogens (tertiary/aromatic N) is 1. The van der Waals surface area contributed by atoms with Crippen molar-refractivity contribution in [3.05, 3.63) is 21.9 Å². The van der Waals surface area contributed by atoms with Gasteiger partial charge < -0.3 is 15.3 Å². The molecule has 18 heavy (non-hydrogen) atoms. The summed E-state index contributed by atoms with van der Waals surface area (Å²) in [5.41, 5.74) is 0. The Kier molecular flexibility index (Phi) is 4.37. The van der Waals surface area contributed by atoms with Crippen molar-refractivity contribution in [2.75, 3.05) is 13.6 Å². The van der Waals surface area contributed by atoms with Crippen molar-refractivity contribution in [2.24, 2.45) is 0 Å². The molecule has 2 heterocycles. The summed E-state index contributed by atoms with van der Waals surface area (Å²) < 4.78 is 0. The Morgan fingerprint density at radius 2 is 2.39 bits per heavy atom. The highest BCUT2D eigenvalue weighted by Gasteiger charge is 2.22. The molecule has 2 atom stereocenters. The number of piperidine rings is 1. The number of rotatable bonds is 4. The van der Waals surface area contributed by atoms with Gasteiger partial charge in [0.2, 0.25) is 0 Å². The third-order valence-corrected chi connectivity index (χ3v) is 4.72. The second-order valence-electron chi connectivity index (χ2n) is 5.00. The summed E-state index contributed by atoms with van der Waals surface area (Å²) in [5, 5.41) is 12.4. The summed E-state index contributed by atoms with van der Waals surface area (Å²) in [6.45, 7) is 4.16. The van der Waals surface area contributed by atoms with E-state index in [1.165, 1.54) is 11.3 Å². The maximum atomic E-state index is 10.8. The first kappa shape index (κ1) is 13.5. The summed E-state index contributed by atoms with van der Waals surface area (Å²) in [4.78, 5) is 14.7. The zero-order chi connectivity index (χ0) is 13.1. The van der Waals surface area contributed by atoms with Crippen molar-refractivity contribution in [1.29, 1.82) is 0 Å². The van der Waals surface area contributed by atoms with E-state index >= 15 is 0 Å². The number of likely N-dealkylation sites (tertiary alicyclic amines) is 1. The van der Waals surface area contributed by atoms with E-state index in [-0.39, 0.29) is 0 Å². The Morgan fingerprint density at radius 1 is 1.61 bits per heavy atom. The molecule has 2 N–H and O–H groups in total. The molecule has 4 nitrogen and oxygen atoms in total. The molecule has 2 unspecified atom stereocenters. The lowest BCUT2D eigenvalue weighted by Gasteiger charge is -2.35. The van der Waals surface area contributed by atoms with E-state index in [1.54, 1.807) is 6.07 Å². The van der Waals surface area contributed by atoms with Gasteiger partial charge in [-0.15, -0.1) is 11.3 Å². The van der Waals surface area contributed by atoms with Crippen LogP contribution in [0.5, 0.6) is 0 Å². The minimum Gasteiger partial charge on any atom is -0.477 e. The summed E-state index contributed by atoms with van der Waals surface area (Å²) >= 11 is 1.36. The average Bonchev–Trinajstić information content (AvgIpc) is 2.79. The molecule has 1 aliphatic rings. The normalized spacial score (nSPS) is 25.2. The highest BCUT2D eigenvalue weighted by atomic mass is 32.1. The van der Waals surface area contributed by atoms with Gasteiger partial charge in [0.15, 0.2) is 0 Å². The average molecular weight is 268 g/mol. The van der Waals surface area contributed by atoms with E-state index in [1.807, 2.05) is 6.07 Å². The van der Waals surface area contributed by atoms with Crippen LogP contribution in [0.1, 0.15) is 34.3 Å². The molecule has 2 rings (SSSR count). The highest BCUT2D eigenvalue weighted by molar-refractivity contribution is 7.13. The van der Waals surface area contributed by atoms with Crippen LogP contribution in [0.4, 0.5) is 0 Å². The largest absolute Gasteiger partial charge is 0.477 e. The molecule has 0 amide bonds. The van der Waals surface area contributed by atoms with Crippen LogP contribution < -0.4 is 5.32 Å². The van der Waals surface area contributed by atoms with Gasteiger partial charge in [-0.1, -0.05) is 0 Å². The summed E-state index contributed by atoms with van der Waals surface area (Å²) in [6, 6.07) is 4.75. The van der Waals surface area contributed by atoms with E-state index in [2.05, 4.69) is 24.2 Å². The van der Waals surface area contributed by atoms with Crippen molar-refractivity contribution in [1.82, 2.24) is 10.2 Å². The third-order valence-electron chi connectivity index (χ3n) is 3.65. The SMILES string of the molecule is CC1CC(NCc2ccc(C(=O)O)s2)CCN1C. The summed E-state index contributed by atoms with van der Waals surface area (Å²) in [6.07, 6.45) is 2.33. The first-order valence-electron chi connectivity index (χ1n) is 6.32. The Balaban J connectivity index is 1.82. The first-order valence-corrected chi connectivity index (χ1v) is 7.13. The van der Waals surface area contributed by atoms with Gasteiger partial charge in [0.1, 0.15) is 4.88 Å². The topological polar surface area (TPSA) is 52.6 Å². The monoisotopic (exact) mass is 268 g/mol. The number of hydrogen-bond acceptors (Lipinski definition) is 4. The third kappa shape index (κ3) is 3.31. The quantitative estimate of drug-likeness (QED) is 0.877. The van der Waals surface area contributed by atoms with Crippen molar-refractivity contribution in [2.45, 2.75) is 38.4 Å². The molecule has 1 fully saturated rings. The fourth-order valence-corrected chi connectivity index (χ4v) is 3.11. The molecule has 0 saturated carbocycles. The van der Waals surface area contributed by atoms with Gasteiger partial charge in [-0.05, 0) is 45.5 Å². The molecular formula is C13H20N2O2S. The van der Waals surface area contributed by atoms with Gasteiger partial charge in [0.25, 0.3) is 0 Å². The van der Waals surface area contributed by atoms with E-state index in [0.29, 0.717) is 17.0 Å². The number of carboxylic acids is 1. The fourth-order valence-electron chi connectivity index (χ4n) is 2.31. The molecule has 0 aromatic carbocycles. The van der Waals surface area contributed by atoms with Gasteiger partial charge in [-0.3, -0.25) is 0 Å². The molecule has 0 spiro atoms. The van der Waals surface area contributed by atoms with Crippen LogP contribution >= 0.6 is 11.3 Å². The van der Waals surface area contributed by atoms with Crippen LogP contribution in [-0.2, 0) is 6.54 Å². The van der Waals surface area contributed by atoms with Gasteiger partial charge >= 0.3 is 5.97 Å². The number of carbonyl (C=O) groups is 1. The van der Waals surface area contributed by atoms with E-state index in [9.17, 15) is 4.79 Å². The lowest BCUT2D eigenvalue weighted by Crippen LogP contribution is -2.45. The second-order valence-corrected chi connectivity index (χ2v) is 6.17. The Labute approximate surface area is 112 Å². The molecule has 0 radical (unpaired) electrons. The minimum atomic E-state index is -0.834. The Bertz CT molecular complexity index is 419. The lowest BCUT2D eigenvalue weighted by atomic mass is 9.99. The molecule has 1 aromatic rings. The number of carboxylic acid groups (broad SMARTS) is 1. The first-order chi connectivity index (χ1) is 8.56. The second kappa shape index (κ2) is 5.82. The highest BCUT2D eigenvalue weighted by Crippen LogP contribution is 2.19. The van der Waals surface area contributed by atoms with Crippen LogP contribution in [0, 0.1) is 0 Å². The molecular weight excluding hydrogens is 248 g/mol. The standard InChI is InChI=1S/C13H20N2O2S/c1-9-7-10(5-6-15(9)2)14-8-11-3-4-12(18-11)13(16)17/h3-4,9-10,14H,5-8H2,1-2H3,(H,16,17). The van der Waals surface area contributed by atoms with Gasteiger partial charge in [-0.25, -0.2) is 4.79 Å². The van der Waals surface area contributed by atoms with Crippen LogP contribution in [-0.4, -0.2) is 41.7 Å². The Hall–Kier alpha value is -0.910. The molecule has 1 saturated heterocycles. The zero-order valence-electron chi connectivity index (χ0n) is 10.8. The smallest absolute Gasteiger partial charge is 0.345 e. The summed E-state index contributed by atoms with van der Waals surface area (Å²) in [7, 11) is 2.17. The lowest BCUT2D eigenvalue weighted by molar-refractivity contribution is 0.0702. The predicted molar refractivity (Wildman–Crippen MR) is 73.2 cm³/mol. The van der Waals surface area contributed by atoms with Crippen molar-refractivity contribution in [3.63, 3.8) is 0 Å². The molecule has 5 heteroatoms. The Morgan fingerprint density at radius 3 is 3.00 bits per heavy atom. The van der Waals surface area contributed by atoms with E-state index in [4.69, 9.17) is 5.11 Å². The van der Waals surface area contributed by atoms with Crippen LogP contribution in [0.15, 0.2) is 12.1 Å². The van der Waals surface area contributed by atoms with Crippen LogP contribution in [0.25, 0.3) is 0 Å². The van der Waals surface area contributed by atoms with Crippen molar-refractivity contribution in [3.8, 4) is 0 Å². The van der Waals surface area contributed by atoms with E-state index in [0.717, 1.165) is 30.8 Å². The molecule has 0 bridgehead atoms. The number of nitrogens with one attached hydrogen (secondary N) is 1. The van der Waals surface area contributed by atoms with Gasteiger partial charge in [0, 0.05) is 23.5 Å². The molecule has 1 aromatic heterocycles. The predicted octanol–water partition coefficient (Wildman–Crippen LogP) is 2.02. The van der Waals surface area contributed by atoms with Gasteiger partial charge in [-0.2, -0.15) is 0 Å². The molecule has 1 aliphatic heterocycles. The zero-order valence-corrected chi connectivity index (χ0v) is 11.7. The van der Waals surface area contributed by atoms with Crippen LogP contribution in [0.2, 0.25) is 0 Å². The number of aromatic carboxylic acids is 1. The maximum Gasteiger partial charge on any atom is 0.345 e. The number of thiophene rings is 1. The van der Waals surface area contributed by atoms with Crippen LogP contribution in [0.3, 0.4) is 0 Å².